The fourth-order valence-electron chi connectivity index (χ4n) is 3.43. The van der Waals surface area contributed by atoms with Crippen LogP contribution in [-0.2, 0) is 17.7 Å². The highest BCUT2D eigenvalue weighted by molar-refractivity contribution is 4.92. The predicted octanol–water partition coefficient (Wildman–Crippen LogP) is 4.42. The summed E-state index contributed by atoms with van der Waals surface area (Å²) in [6.07, 6.45) is 9.62. The normalized spacial score (nSPS) is 12.9. The van der Waals surface area contributed by atoms with Crippen molar-refractivity contribution in [2.24, 2.45) is 10.8 Å². The molecule has 1 rings (SSSR count). The van der Waals surface area contributed by atoms with E-state index in [1.54, 1.807) is 0 Å². The van der Waals surface area contributed by atoms with Gasteiger partial charge in [0.05, 0.1) is 18.9 Å². The molecule has 1 heterocycles. The molecule has 0 amide bonds. The summed E-state index contributed by atoms with van der Waals surface area (Å²) in [6.45, 7) is 14.6. The van der Waals surface area contributed by atoms with Crippen molar-refractivity contribution in [3.05, 3.63) is 11.9 Å². The first-order chi connectivity index (χ1) is 12.1. The fraction of sp³-hybridized carbons (Fsp3) is 0.905. The zero-order chi connectivity index (χ0) is 19.6. The summed E-state index contributed by atoms with van der Waals surface area (Å²) >= 11 is 0. The fourth-order valence-corrected chi connectivity index (χ4v) is 3.43. The Morgan fingerprint density at radius 2 is 1.65 bits per heavy atom. The molecule has 0 radical (unpaired) electrons. The average Bonchev–Trinajstić information content (AvgIpc) is 2.91. The molecule has 1 aromatic heterocycles. The van der Waals surface area contributed by atoms with Crippen LogP contribution in [0.5, 0.6) is 0 Å². The van der Waals surface area contributed by atoms with E-state index in [1.807, 2.05) is 4.68 Å². The van der Waals surface area contributed by atoms with E-state index >= 15 is 0 Å². The van der Waals surface area contributed by atoms with E-state index < -0.39 is 0 Å². The lowest BCUT2D eigenvalue weighted by atomic mass is 9.93. The molecule has 152 valence electrons. The molecule has 0 bridgehead atoms. The minimum Gasteiger partial charge on any atom is -0.380 e. The van der Waals surface area contributed by atoms with Crippen molar-refractivity contribution < 1.29 is 4.74 Å². The molecule has 0 aliphatic rings. The van der Waals surface area contributed by atoms with E-state index in [9.17, 15) is 0 Å². The van der Waals surface area contributed by atoms with Crippen LogP contribution in [0.25, 0.3) is 0 Å². The lowest BCUT2D eigenvalue weighted by Crippen LogP contribution is -2.34. The second kappa shape index (κ2) is 11.0. The molecule has 0 aliphatic carbocycles. The van der Waals surface area contributed by atoms with Gasteiger partial charge in [0.25, 0.3) is 0 Å². The summed E-state index contributed by atoms with van der Waals surface area (Å²) in [5.41, 5.74) is 1.32. The van der Waals surface area contributed by atoms with Crippen molar-refractivity contribution in [2.45, 2.75) is 79.7 Å². The van der Waals surface area contributed by atoms with Crippen LogP contribution >= 0.6 is 0 Å². The van der Waals surface area contributed by atoms with Crippen LogP contribution in [-0.4, -0.2) is 53.7 Å². The predicted molar refractivity (Wildman–Crippen MR) is 109 cm³/mol. The lowest BCUT2D eigenvalue weighted by molar-refractivity contribution is 0.000861. The number of aryl methyl sites for hydroxylation is 1. The van der Waals surface area contributed by atoms with Crippen LogP contribution in [0.15, 0.2) is 6.20 Å². The standard InChI is InChI=1S/C21H42N4O/c1-8-9-10-11-12-13-19-14-25(23-22-19)16-21(4,5)18-26-17-20(2,3)15-24(6)7/h14H,8-13,15-18H2,1-7H3. The van der Waals surface area contributed by atoms with Crippen LogP contribution < -0.4 is 0 Å². The van der Waals surface area contributed by atoms with Gasteiger partial charge in [0, 0.05) is 30.1 Å². The summed E-state index contributed by atoms with van der Waals surface area (Å²) in [4.78, 5) is 2.22. The summed E-state index contributed by atoms with van der Waals surface area (Å²) in [7, 11) is 4.22. The summed E-state index contributed by atoms with van der Waals surface area (Å²) in [5, 5.41) is 8.65. The third-order valence-electron chi connectivity index (χ3n) is 4.44. The molecule has 0 aromatic carbocycles. The smallest absolute Gasteiger partial charge is 0.0827 e. The van der Waals surface area contributed by atoms with Crippen LogP contribution in [0.1, 0.15) is 72.4 Å². The Morgan fingerprint density at radius 3 is 2.31 bits per heavy atom. The SMILES string of the molecule is CCCCCCCc1cn(CC(C)(C)COCC(C)(C)CN(C)C)nn1. The Morgan fingerprint density at radius 1 is 1.00 bits per heavy atom. The first-order valence-electron chi connectivity index (χ1n) is 10.2. The van der Waals surface area contributed by atoms with Gasteiger partial charge in [0.15, 0.2) is 0 Å². The third-order valence-corrected chi connectivity index (χ3v) is 4.44. The van der Waals surface area contributed by atoms with Gasteiger partial charge in [-0.2, -0.15) is 0 Å². The van der Waals surface area contributed by atoms with Gasteiger partial charge in [-0.1, -0.05) is 65.5 Å². The number of unbranched alkanes of at least 4 members (excludes halogenated alkanes) is 4. The van der Waals surface area contributed by atoms with Crippen molar-refractivity contribution in [2.75, 3.05) is 33.9 Å². The van der Waals surface area contributed by atoms with Gasteiger partial charge in [-0.3, -0.25) is 4.68 Å². The molecule has 0 unspecified atom stereocenters. The van der Waals surface area contributed by atoms with Gasteiger partial charge in [-0.05, 0) is 26.9 Å². The van der Waals surface area contributed by atoms with E-state index in [-0.39, 0.29) is 10.8 Å². The summed E-state index contributed by atoms with van der Waals surface area (Å²) < 4.78 is 8.04. The summed E-state index contributed by atoms with van der Waals surface area (Å²) in [5.74, 6) is 0. The highest BCUT2D eigenvalue weighted by Crippen LogP contribution is 2.22. The molecule has 0 fully saturated rings. The summed E-state index contributed by atoms with van der Waals surface area (Å²) in [6, 6.07) is 0. The van der Waals surface area contributed by atoms with Gasteiger partial charge in [0.2, 0.25) is 0 Å². The van der Waals surface area contributed by atoms with Gasteiger partial charge < -0.3 is 9.64 Å². The molecule has 0 N–H and O–H groups in total. The Kier molecular flexibility index (Phi) is 9.80. The first kappa shape index (κ1) is 23.1. The van der Waals surface area contributed by atoms with Gasteiger partial charge in [-0.15, -0.1) is 5.10 Å². The molecule has 26 heavy (non-hydrogen) atoms. The topological polar surface area (TPSA) is 43.2 Å². The van der Waals surface area contributed by atoms with Gasteiger partial charge in [0.1, 0.15) is 0 Å². The zero-order valence-corrected chi connectivity index (χ0v) is 18.3. The van der Waals surface area contributed by atoms with Crippen molar-refractivity contribution >= 4 is 0 Å². The highest BCUT2D eigenvalue weighted by atomic mass is 16.5. The van der Waals surface area contributed by atoms with Crippen molar-refractivity contribution in [1.29, 1.82) is 0 Å². The number of hydrogen-bond acceptors (Lipinski definition) is 4. The highest BCUT2D eigenvalue weighted by Gasteiger charge is 2.24. The Labute approximate surface area is 161 Å². The monoisotopic (exact) mass is 366 g/mol. The van der Waals surface area contributed by atoms with Crippen LogP contribution in [0.4, 0.5) is 0 Å². The number of hydrogen-bond donors (Lipinski definition) is 0. The molecule has 5 heteroatoms. The van der Waals surface area contributed by atoms with E-state index in [0.29, 0.717) is 0 Å². The van der Waals surface area contributed by atoms with Crippen molar-refractivity contribution in [1.82, 2.24) is 19.9 Å². The molecular formula is C21H42N4O. The van der Waals surface area contributed by atoms with E-state index in [4.69, 9.17) is 4.74 Å². The largest absolute Gasteiger partial charge is 0.380 e. The van der Waals surface area contributed by atoms with Crippen LogP contribution in [0, 0.1) is 10.8 Å². The maximum atomic E-state index is 6.06. The Hall–Kier alpha value is -0.940. The van der Waals surface area contributed by atoms with Crippen LogP contribution in [0.2, 0.25) is 0 Å². The Bertz CT molecular complexity index is 494. The lowest BCUT2D eigenvalue weighted by Gasteiger charge is -2.30. The van der Waals surface area contributed by atoms with E-state index in [2.05, 4.69) is 70.1 Å². The molecule has 0 aliphatic heterocycles. The van der Waals surface area contributed by atoms with E-state index in [0.717, 1.165) is 38.4 Å². The first-order valence-corrected chi connectivity index (χ1v) is 10.2. The molecular weight excluding hydrogens is 324 g/mol. The van der Waals surface area contributed by atoms with E-state index in [1.165, 1.54) is 32.1 Å². The molecule has 0 saturated heterocycles. The molecule has 5 nitrogen and oxygen atoms in total. The maximum Gasteiger partial charge on any atom is 0.0827 e. The molecule has 0 spiro atoms. The van der Waals surface area contributed by atoms with Crippen molar-refractivity contribution in [3.63, 3.8) is 0 Å². The average molecular weight is 367 g/mol. The molecule has 0 saturated carbocycles. The number of ether oxygens (including phenoxy) is 1. The van der Waals surface area contributed by atoms with Crippen molar-refractivity contribution in [3.8, 4) is 0 Å². The minimum absolute atomic E-state index is 0.0420. The second-order valence-electron chi connectivity index (χ2n) is 9.63. The zero-order valence-electron chi connectivity index (χ0n) is 18.3. The van der Waals surface area contributed by atoms with Gasteiger partial charge in [-0.25, -0.2) is 0 Å². The molecule has 1 aromatic rings. The molecule has 0 atom stereocenters. The van der Waals surface area contributed by atoms with Crippen LogP contribution in [0.3, 0.4) is 0 Å². The third kappa shape index (κ3) is 10.3. The second-order valence-corrected chi connectivity index (χ2v) is 9.63. The maximum absolute atomic E-state index is 6.06. The quantitative estimate of drug-likeness (QED) is 0.457. The van der Waals surface area contributed by atoms with Gasteiger partial charge >= 0.3 is 0 Å². The Balaban J connectivity index is 2.35. The number of nitrogens with zero attached hydrogens (tertiary/aromatic N) is 4. The number of rotatable bonds is 14. The number of aromatic nitrogens is 3. The minimum atomic E-state index is 0.0420.